The van der Waals surface area contributed by atoms with Crippen molar-refractivity contribution in [1.82, 2.24) is 0 Å². The van der Waals surface area contributed by atoms with E-state index in [0.29, 0.717) is 6.61 Å². The highest BCUT2D eigenvalue weighted by molar-refractivity contribution is 5.66. The van der Waals surface area contributed by atoms with E-state index < -0.39 is 0 Å². The maximum absolute atomic E-state index is 9.76. The van der Waals surface area contributed by atoms with Crippen molar-refractivity contribution in [3.05, 3.63) is 89.5 Å². The topological polar surface area (TPSA) is 29.5 Å². The van der Waals surface area contributed by atoms with Crippen molar-refractivity contribution in [2.24, 2.45) is 0 Å². The highest BCUT2D eigenvalue weighted by Gasteiger charge is 2.13. The first kappa shape index (κ1) is 18.2. The molecule has 0 aliphatic carbocycles. The molecule has 0 heterocycles. The molecule has 0 bridgehead atoms. The zero-order valence-electron chi connectivity index (χ0n) is 15.7. The lowest BCUT2D eigenvalue weighted by Crippen LogP contribution is -2.10. The molecule has 1 N–H and O–H groups in total. The fourth-order valence-electron chi connectivity index (χ4n) is 2.92. The Labute approximate surface area is 156 Å². The highest BCUT2D eigenvalue weighted by atomic mass is 16.5. The fraction of sp³-hybridized carbons (Fsp3) is 0.250. The average Bonchev–Trinajstić information content (AvgIpc) is 2.66. The van der Waals surface area contributed by atoms with E-state index in [0.717, 1.165) is 28.0 Å². The van der Waals surface area contributed by atoms with Crippen molar-refractivity contribution in [3.63, 3.8) is 0 Å². The molecule has 3 aromatic rings. The number of rotatable bonds is 5. The van der Waals surface area contributed by atoms with Crippen molar-refractivity contribution >= 4 is 0 Å². The van der Waals surface area contributed by atoms with Crippen LogP contribution in [0.25, 0.3) is 11.1 Å². The van der Waals surface area contributed by atoms with Gasteiger partial charge in [0.05, 0.1) is 6.61 Å². The summed E-state index contributed by atoms with van der Waals surface area (Å²) >= 11 is 0. The van der Waals surface area contributed by atoms with Gasteiger partial charge in [-0.2, -0.15) is 0 Å². The predicted octanol–water partition coefficient (Wildman–Crippen LogP) is 5.72. The van der Waals surface area contributed by atoms with Crippen molar-refractivity contribution < 1.29 is 9.84 Å². The van der Waals surface area contributed by atoms with Gasteiger partial charge in [-0.15, -0.1) is 0 Å². The molecule has 2 heteroatoms. The van der Waals surface area contributed by atoms with Gasteiger partial charge in [0.2, 0.25) is 0 Å². The first-order valence-corrected chi connectivity index (χ1v) is 8.99. The minimum atomic E-state index is -0.0436. The van der Waals surface area contributed by atoms with Gasteiger partial charge in [-0.05, 0) is 39.8 Å². The average molecular weight is 346 g/mol. The molecule has 2 nitrogen and oxygen atoms in total. The maximum Gasteiger partial charge on any atom is 0.125 e. The monoisotopic (exact) mass is 346 g/mol. The van der Waals surface area contributed by atoms with E-state index in [9.17, 15) is 5.11 Å². The van der Waals surface area contributed by atoms with Gasteiger partial charge in [0.15, 0.2) is 0 Å². The SMILES string of the molecule is CC(C)(C)c1ccc(-c2ccc(OCc3ccccc3)c(CO)c2)cc1. The van der Waals surface area contributed by atoms with Gasteiger partial charge < -0.3 is 9.84 Å². The second kappa shape index (κ2) is 7.76. The molecule has 3 rings (SSSR count). The molecule has 26 heavy (non-hydrogen) atoms. The number of aliphatic hydroxyl groups is 1. The Balaban J connectivity index is 1.80. The lowest BCUT2D eigenvalue weighted by atomic mass is 9.86. The third kappa shape index (κ3) is 4.33. The normalized spacial score (nSPS) is 11.4. The highest BCUT2D eigenvalue weighted by Crippen LogP contribution is 2.30. The van der Waals surface area contributed by atoms with Crippen LogP contribution >= 0.6 is 0 Å². The maximum atomic E-state index is 9.76. The molecule has 134 valence electrons. The molecule has 0 aliphatic rings. The largest absolute Gasteiger partial charge is 0.489 e. The van der Waals surface area contributed by atoms with E-state index in [1.54, 1.807) is 0 Å². The number of aliphatic hydroxyl groups excluding tert-OH is 1. The Bertz CT molecular complexity index is 844. The molecule has 0 amide bonds. The summed E-state index contributed by atoms with van der Waals surface area (Å²) in [6.45, 7) is 7.09. The van der Waals surface area contributed by atoms with E-state index in [-0.39, 0.29) is 12.0 Å². The van der Waals surface area contributed by atoms with Gasteiger partial charge in [0.1, 0.15) is 12.4 Å². The van der Waals surface area contributed by atoms with Gasteiger partial charge in [0, 0.05) is 5.56 Å². The molecule has 0 unspecified atom stereocenters. The van der Waals surface area contributed by atoms with E-state index in [4.69, 9.17) is 4.74 Å². The number of benzene rings is 3. The van der Waals surface area contributed by atoms with E-state index >= 15 is 0 Å². The summed E-state index contributed by atoms with van der Waals surface area (Å²) in [6, 6.07) is 24.7. The number of hydrogen-bond donors (Lipinski definition) is 1. The minimum Gasteiger partial charge on any atom is -0.489 e. The van der Waals surface area contributed by atoms with E-state index in [2.05, 4.69) is 45.0 Å². The zero-order valence-corrected chi connectivity index (χ0v) is 15.7. The van der Waals surface area contributed by atoms with Crippen molar-refractivity contribution in [3.8, 4) is 16.9 Å². The second-order valence-corrected chi connectivity index (χ2v) is 7.58. The summed E-state index contributed by atoms with van der Waals surface area (Å²) in [7, 11) is 0. The first-order valence-electron chi connectivity index (χ1n) is 8.99. The van der Waals surface area contributed by atoms with Crippen molar-refractivity contribution in [2.75, 3.05) is 0 Å². The fourth-order valence-corrected chi connectivity index (χ4v) is 2.92. The van der Waals surface area contributed by atoms with Crippen LogP contribution in [0.1, 0.15) is 37.5 Å². The Morgan fingerprint density at radius 1 is 0.808 bits per heavy atom. The van der Waals surface area contributed by atoms with E-state index in [1.165, 1.54) is 5.56 Å². The summed E-state index contributed by atoms with van der Waals surface area (Å²) < 4.78 is 5.91. The summed E-state index contributed by atoms with van der Waals surface area (Å²) in [5.74, 6) is 0.728. The molecule has 0 saturated heterocycles. The molecule has 0 radical (unpaired) electrons. The van der Waals surface area contributed by atoms with Crippen LogP contribution in [0, 0.1) is 0 Å². The van der Waals surface area contributed by atoms with Crippen molar-refractivity contribution in [2.45, 2.75) is 39.4 Å². The van der Waals surface area contributed by atoms with Gasteiger partial charge in [0.25, 0.3) is 0 Å². The molecule has 0 aromatic heterocycles. The smallest absolute Gasteiger partial charge is 0.125 e. The molecular formula is C24H26O2. The van der Waals surface area contributed by atoms with Crippen LogP contribution in [0.4, 0.5) is 0 Å². The minimum absolute atomic E-state index is 0.0436. The zero-order chi connectivity index (χ0) is 18.6. The van der Waals surface area contributed by atoms with Crippen LogP contribution in [0.5, 0.6) is 5.75 Å². The predicted molar refractivity (Wildman–Crippen MR) is 107 cm³/mol. The van der Waals surface area contributed by atoms with Crippen LogP contribution in [-0.4, -0.2) is 5.11 Å². The van der Waals surface area contributed by atoms with Gasteiger partial charge in [-0.3, -0.25) is 0 Å². The van der Waals surface area contributed by atoms with Crippen LogP contribution in [0.3, 0.4) is 0 Å². The standard InChI is InChI=1S/C24H26O2/c1-24(2,3)22-12-9-19(10-13-22)20-11-14-23(21(15-20)16-25)26-17-18-7-5-4-6-8-18/h4-15,25H,16-17H2,1-3H3. The summed E-state index contributed by atoms with van der Waals surface area (Å²) in [4.78, 5) is 0. The number of hydrogen-bond acceptors (Lipinski definition) is 2. The van der Waals surface area contributed by atoms with Crippen LogP contribution in [0.15, 0.2) is 72.8 Å². The second-order valence-electron chi connectivity index (χ2n) is 7.58. The van der Waals surface area contributed by atoms with Crippen LogP contribution in [-0.2, 0) is 18.6 Å². The third-order valence-electron chi connectivity index (χ3n) is 4.55. The summed E-state index contributed by atoms with van der Waals surface area (Å²) in [5.41, 5.74) is 5.59. The van der Waals surface area contributed by atoms with Gasteiger partial charge in [-0.1, -0.05) is 81.4 Å². The van der Waals surface area contributed by atoms with Gasteiger partial charge in [-0.25, -0.2) is 0 Å². The third-order valence-corrected chi connectivity index (χ3v) is 4.55. The molecule has 0 saturated carbocycles. The van der Waals surface area contributed by atoms with Crippen molar-refractivity contribution in [1.29, 1.82) is 0 Å². The molecule has 0 aliphatic heterocycles. The van der Waals surface area contributed by atoms with E-state index in [1.807, 2.05) is 48.5 Å². The molecule has 3 aromatic carbocycles. The number of ether oxygens (including phenoxy) is 1. The molecular weight excluding hydrogens is 320 g/mol. The Morgan fingerprint density at radius 3 is 2.08 bits per heavy atom. The quantitative estimate of drug-likeness (QED) is 0.640. The summed E-state index contributed by atoms with van der Waals surface area (Å²) in [6.07, 6.45) is 0. The lowest BCUT2D eigenvalue weighted by molar-refractivity contribution is 0.259. The van der Waals surface area contributed by atoms with Crippen LogP contribution < -0.4 is 4.74 Å². The molecule has 0 fully saturated rings. The lowest BCUT2D eigenvalue weighted by Gasteiger charge is -2.19. The Kier molecular flexibility index (Phi) is 5.43. The Hall–Kier alpha value is -2.58. The summed E-state index contributed by atoms with van der Waals surface area (Å²) in [5, 5.41) is 9.76. The van der Waals surface area contributed by atoms with Crippen LogP contribution in [0.2, 0.25) is 0 Å². The molecule has 0 spiro atoms. The Morgan fingerprint density at radius 2 is 1.46 bits per heavy atom. The first-order chi connectivity index (χ1) is 12.5. The van der Waals surface area contributed by atoms with Gasteiger partial charge >= 0.3 is 0 Å². The molecule has 0 atom stereocenters.